The molecular formula is C11H18O4. The molecule has 0 spiro atoms. The predicted molar refractivity (Wildman–Crippen MR) is 56.7 cm³/mol. The molecule has 1 aliphatic carbocycles. The maximum absolute atomic E-state index is 10.5. The second-order valence-electron chi connectivity index (χ2n) is 3.48. The first-order chi connectivity index (χ1) is 7.04. The number of carboxylic acids is 2. The fourth-order valence-electron chi connectivity index (χ4n) is 1.38. The molecule has 1 aliphatic rings. The van der Waals surface area contributed by atoms with Gasteiger partial charge in [-0.15, -0.1) is 0 Å². The van der Waals surface area contributed by atoms with E-state index in [0.29, 0.717) is 12.8 Å². The number of hydrogen-bond acceptors (Lipinski definition) is 2. The van der Waals surface area contributed by atoms with Gasteiger partial charge in [0.1, 0.15) is 0 Å². The van der Waals surface area contributed by atoms with Crippen molar-refractivity contribution in [3.63, 3.8) is 0 Å². The molecule has 0 aromatic carbocycles. The minimum absolute atomic E-state index is 0.0775. The molecule has 15 heavy (non-hydrogen) atoms. The molecule has 0 radical (unpaired) electrons. The topological polar surface area (TPSA) is 74.6 Å². The molecule has 0 aromatic rings. The van der Waals surface area contributed by atoms with Gasteiger partial charge in [0.15, 0.2) is 0 Å². The number of aliphatic carboxylic acids is 2. The highest BCUT2D eigenvalue weighted by atomic mass is 16.4. The van der Waals surface area contributed by atoms with Gasteiger partial charge in [0.2, 0.25) is 0 Å². The highest BCUT2D eigenvalue weighted by Crippen LogP contribution is 2.24. The van der Waals surface area contributed by atoms with E-state index in [2.05, 4.69) is 13.8 Å². The van der Waals surface area contributed by atoms with Crippen LogP contribution in [0.3, 0.4) is 0 Å². The molecule has 0 fully saturated rings. The molecular weight excluding hydrogens is 196 g/mol. The maximum atomic E-state index is 10.5. The van der Waals surface area contributed by atoms with Crippen LogP contribution in [-0.4, -0.2) is 22.2 Å². The number of hydrogen-bond donors (Lipinski definition) is 2. The van der Waals surface area contributed by atoms with Crippen LogP contribution in [0.5, 0.6) is 0 Å². The van der Waals surface area contributed by atoms with Gasteiger partial charge in [0.05, 0.1) is 0 Å². The fraction of sp³-hybridized carbons (Fsp3) is 0.636. The van der Waals surface area contributed by atoms with Crippen LogP contribution in [0, 0.1) is 0 Å². The molecule has 4 heteroatoms. The number of carbonyl (C=O) groups is 2. The standard InChI is InChI=1S/C8H10O4.C3H8/c9-7(10)5-3-1-2-4-6(5)8(11)12;1-3-2/h1-4H2,(H,9,10)(H,11,12);3H2,1-2H3. The third kappa shape index (κ3) is 4.63. The normalized spacial score (nSPS) is 15.3. The van der Waals surface area contributed by atoms with Crippen molar-refractivity contribution in [3.8, 4) is 0 Å². The molecule has 86 valence electrons. The Hall–Kier alpha value is -1.32. The molecule has 0 amide bonds. The molecule has 1 rings (SSSR count). The monoisotopic (exact) mass is 214 g/mol. The summed E-state index contributed by atoms with van der Waals surface area (Å²) < 4.78 is 0. The van der Waals surface area contributed by atoms with Gasteiger partial charge in [0.25, 0.3) is 0 Å². The van der Waals surface area contributed by atoms with Crippen LogP contribution < -0.4 is 0 Å². The summed E-state index contributed by atoms with van der Waals surface area (Å²) in [6.45, 7) is 4.25. The van der Waals surface area contributed by atoms with E-state index in [0.717, 1.165) is 12.8 Å². The summed E-state index contributed by atoms with van der Waals surface area (Å²) in [4.78, 5) is 21.1. The van der Waals surface area contributed by atoms with E-state index in [1.807, 2.05) is 0 Å². The summed E-state index contributed by atoms with van der Waals surface area (Å²) in [5.74, 6) is -2.18. The quantitative estimate of drug-likeness (QED) is 0.740. The molecule has 0 unspecified atom stereocenters. The van der Waals surface area contributed by atoms with E-state index in [4.69, 9.17) is 10.2 Å². The average molecular weight is 214 g/mol. The summed E-state index contributed by atoms with van der Waals surface area (Å²) >= 11 is 0. The molecule has 0 saturated heterocycles. The van der Waals surface area contributed by atoms with Crippen molar-refractivity contribution in [2.45, 2.75) is 46.0 Å². The Morgan fingerprint density at radius 2 is 1.27 bits per heavy atom. The summed E-state index contributed by atoms with van der Waals surface area (Å²) in [5.41, 5.74) is 0.155. The van der Waals surface area contributed by atoms with Crippen molar-refractivity contribution in [2.24, 2.45) is 0 Å². The van der Waals surface area contributed by atoms with Gasteiger partial charge < -0.3 is 10.2 Å². The Bertz CT molecular complexity index is 240. The third-order valence-corrected chi connectivity index (χ3v) is 1.98. The lowest BCUT2D eigenvalue weighted by Crippen LogP contribution is -2.14. The molecule has 0 aliphatic heterocycles. The second kappa shape index (κ2) is 7.04. The average Bonchev–Trinajstić information content (AvgIpc) is 2.19. The van der Waals surface area contributed by atoms with Gasteiger partial charge in [-0.3, -0.25) is 0 Å². The minimum Gasteiger partial charge on any atom is -0.478 e. The summed E-state index contributed by atoms with van der Waals surface area (Å²) in [5, 5.41) is 17.3. The summed E-state index contributed by atoms with van der Waals surface area (Å²) in [7, 11) is 0. The van der Waals surface area contributed by atoms with E-state index in [-0.39, 0.29) is 11.1 Å². The van der Waals surface area contributed by atoms with Crippen LogP contribution in [0.4, 0.5) is 0 Å². The Kier molecular flexibility index (Phi) is 6.42. The first-order valence-corrected chi connectivity index (χ1v) is 5.23. The van der Waals surface area contributed by atoms with Crippen molar-refractivity contribution < 1.29 is 19.8 Å². The molecule has 2 N–H and O–H groups in total. The van der Waals surface area contributed by atoms with Gasteiger partial charge in [-0.1, -0.05) is 20.3 Å². The second-order valence-corrected chi connectivity index (χ2v) is 3.48. The lowest BCUT2D eigenvalue weighted by atomic mass is 9.92. The van der Waals surface area contributed by atoms with Crippen molar-refractivity contribution in [1.82, 2.24) is 0 Å². The van der Waals surface area contributed by atoms with Gasteiger partial charge in [-0.05, 0) is 25.7 Å². The van der Waals surface area contributed by atoms with Crippen molar-refractivity contribution >= 4 is 11.9 Å². The molecule has 0 bridgehead atoms. The van der Waals surface area contributed by atoms with Crippen LogP contribution in [0.15, 0.2) is 11.1 Å². The summed E-state index contributed by atoms with van der Waals surface area (Å²) in [6, 6.07) is 0. The van der Waals surface area contributed by atoms with Crippen LogP contribution in [-0.2, 0) is 9.59 Å². The van der Waals surface area contributed by atoms with E-state index < -0.39 is 11.9 Å². The Balaban J connectivity index is 0.000000583. The van der Waals surface area contributed by atoms with Crippen molar-refractivity contribution in [3.05, 3.63) is 11.1 Å². The highest BCUT2D eigenvalue weighted by molar-refractivity contribution is 5.99. The van der Waals surface area contributed by atoms with Crippen molar-refractivity contribution in [2.75, 3.05) is 0 Å². The minimum atomic E-state index is -1.09. The van der Waals surface area contributed by atoms with Crippen LogP contribution in [0.25, 0.3) is 0 Å². The predicted octanol–water partition coefficient (Wildman–Crippen LogP) is 2.44. The zero-order valence-electron chi connectivity index (χ0n) is 9.25. The van der Waals surface area contributed by atoms with Crippen LogP contribution in [0.2, 0.25) is 0 Å². The Labute approximate surface area is 89.6 Å². The van der Waals surface area contributed by atoms with E-state index >= 15 is 0 Å². The SMILES string of the molecule is CCC.O=C(O)C1=C(C(=O)O)CCCC1. The van der Waals surface area contributed by atoms with Gasteiger partial charge in [-0.2, -0.15) is 0 Å². The number of carboxylic acid groups (broad SMARTS) is 2. The maximum Gasteiger partial charge on any atom is 0.332 e. The lowest BCUT2D eigenvalue weighted by molar-refractivity contribution is -0.136. The van der Waals surface area contributed by atoms with Gasteiger partial charge in [-0.25, -0.2) is 9.59 Å². The van der Waals surface area contributed by atoms with E-state index in [1.165, 1.54) is 6.42 Å². The van der Waals surface area contributed by atoms with E-state index in [1.54, 1.807) is 0 Å². The molecule has 0 aromatic heterocycles. The van der Waals surface area contributed by atoms with Gasteiger partial charge >= 0.3 is 11.9 Å². The van der Waals surface area contributed by atoms with Crippen molar-refractivity contribution in [1.29, 1.82) is 0 Å². The molecule has 4 nitrogen and oxygen atoms in total. The summed E-state index contributed by atoms with van der Waals surface area (Å²) in [6.07, 6.45) is 3.57. The third-order valence-electron chi connectivity index (χ3n) is 1.98. The smallest absolute Gasteiger partial charge is 0.332 e. The van der Waals surface area contributed by atoms with Crippen LogP contribution >= 0.6 is 0 Å². The van der Waals surface area contributed by atoms with Gasteiger partial charge in [0, 0.05) is 11.1 Å². The lowest BCUT2D eigenvalue weighted by Gasteiger charge is -2.13. The van der Waals surface area contributed by atoms with E-state index in [9.17, 15) is 9.59 Å². The largest absolute Gasteiger partial charge is 0.478 e. The molecule has 0 atom stereocenters. The Morgan fingerprint density at radius 3 is 1.47 bits per heavy atom. The first kappa shape index (κ1) is 13.7. The fourth-order valence-corrected chi connectivity index (χ4v) is 1.38. The first-order valence-electron chi connectivity index (χ1n) is 5.23. The zero-order valence-corrected chi connectivity index (χ0v) is 9.25. The number of rotatable bonds is 2. The molecule has 0 saturated carbocycles. The zero-order chi connectivity index (χ0) is 11.8. The highest BCUT2D eigenvalue weighted by Gasteiger charge is 2.22. The Morgan fingerprint density at radius 1 is 1.00 bits per heavy atom. The van der Waals surface area contributed by atoms with Crippen LogP contribution in [0.1, 0.15) is 46.0 Å². The molecule has 0 heterocycles.